The van der Waals surface area contributed by atoms with E-state index in [2.05, 4.69) is 10.6 Å². The molecule has 3 aliphatic rings. The number of hydrogen-bond acceptors (Lipinski definition) is 6. The molecule has 0 bridgehead atoms. The Bertz CT molecular complexity index is 1310. The number of benzene rings is 2. The molecule has 2 fully saturated rings. The summed E-state index contributed by atoms with van der Waals surface area (Å²) in [6.07, 6.45) is -0.244. The summed E-state index contributed by atoms with van der Waals surface area (Å²) < 4.78 is 0. The molecule has 4 atom stereocenters. The lowest BCUT2D eigenvalue weighted by Crippen LogP contribution is -2.53. The van der Waals surface area contributed by atoms with Crippen molar-refractivity contribution in [3.63, 3.8) is 0 Å². The summed E-state index contributed by atoms with van der Waals surface area (Å²) in [6, 6.07) is 8.11. The van der Waals surface area contributed by atoms with E-state index in [4.69, 9.17) is 23.1 Å². The maximum atomic E-state index is 13.8. The number of imide groups is 1. The molecule has 2 aromatic rings. The molecule has 0 radical (unpaired) electrons. The van der Waals surface area contributed by atoms with Gasteiger partial charge in [-0.1, -0.05) is 17.7 Å². The minimum absolute atomic E-state index is 0.212. The zero-order chi connectivity index (χ0) is 24.5. The second-order valence-corrected chi connectivity index (χ2v) is 9.11. The number of halogens is 1. The van der Waals surface area contributed by atoms with Crippen LogP contribution in [0.5, 0.6) is 0 Å². The van der Waals surface area contributed by atoms with Gasteiger partial charge in [0.15, 0.2) is 0 Å². The average Bonchev–Trinajstić information content (AvgIpc) is 3.35. The van der Waals surface area contributed by atoms with Crippen LogP contribution in [0, 0.1) is 18.8 Å². The Balaban J connectivity index is 1.66. The zero-order valence-electron chi connectivity index (χ0n) is 17.9. The smallest absolute Gasteiger partial charge is 0.250 e. The van der Waals surface area contributed by atoms with E-state index in [-0.39, 0.29) is 17.7 Å². The molecule has 174 valence electrons. The highest BCUT2D eigenvalue weighted by Gasteiger charge is 2.70. The van der Waals surface area contributed by atoms with E-state index < -0.39 is 53.0 Å². The van der Waals surface area contributed by atoms with Gasteiger partial charge in [-0.05, 0) is 42.8 Å². The monoisotopic (exact) mass is 481 g/mol. The SMILES string of the molecule is Cc1c(Cl)ccc2c1NC(=O)[C@@]21N[C@H](CC(N)=O)[C@H]2C(=O)N(c3ccc(C(N)=O)cc3)C(=O)[C@@H]21. The molecule has 2 saturated heterocycles. The maximum Gasteiger partial charge on any atom is 0.250 e. The van der Waals surface area contributed by atoms with E-state index in [1.165, 1.54) is 24.3 Å². The molecule has 0 aromatic heterocycles. The third kappa shape index (κ3) is 2.82. The number of nitrogens with zero attached hydrogens (tertiary/aromatic N) is 1. The van der Waals surface area contributed by atoms with Crippen LogP contribution in [0.1, 0.15) is 27.9 Å². The van der Waals surface area contributed by atoms with Crippen LogP contribution in [-0.4, -0.2) is 35.6 Å². The van der Waals surface area contributed by atoms with Gasteiger partial charge < -0.3 is 16.8 Å². The predicted molar refractivity (Wildman–Crippen MR) is 122 cm³/mol. The number of nitrogens with one attached hydrogen (secondary N) is 2. The average molecular weight is 482 g/mol. The molecule has 34 heavy (non-hydrogen) atoms. The van der Waals surface area contributed by atoms with Crippen molar-refractivity contribution in [2.45, 2.75) is 24.9 Å². The lowest BCUT2D eigenvalue weighted by atomic mass is 9.76. The van der Waals surface area contributed by atoms with Crippen LogP contribution in [0.25, 0.3) is 0 Å². The van der Waals surface area contributed by atoms with Gasteiger partial charge in [-0.25, -0.2) is 4.90 Å². The van der Waals surface area contributed by atoms with Crippen molar-refractivity contribution in [1.82, 2.24) is 5.32 Å². The van der Waals surface area contributed by atoms with Gasteiger partial charge in [-0.15, -0.1) is 0 Å². The first kappa shape index (κ1) is 22.1. The molecule has 0 unspecified atom stereocenters. The largest absolute Gasteiger partial charge is 0.370 e. The summed E-state index contributed by atoms with van der Waals surface area (Å²) in [7, 11) is 0. The minimum atomic E-state index is -1.58. The zero-order valence-corrected chi connectivity index (χ0v) is 18.7. The Morgan fingerprint density at radius 3 is 2.35 bits per heavy atom. The number of amides is 5. The van der Waals surface area contributed by atoms with Crippen molar-refractivity contribution in [1.29, 1.82) is 0 Å². The number of anilines is 2. The molecular formula is C23H20ClN5O5. The standard InChI is InChI=1S/C23H20ClN5O5/c1-9-13(24)7-6-12-18(9)27-22(34)23(12)17-16(14(28-23)8-15(25)30)20(32)29(21(17)33)11-4-2-10(3-5-11)19(26)31/h2-7,14,16-17,28H,8H2,1H3,(H2,25,30)(H2,26,31)(H,27,34)/t14-,16-,17-,23-/m1/s1. The van der Waals surface area contributed by atoms with Crippen molar-refractivity contribution in [2.24, 2.45) is 23.3 Å². The lowest BCUT2D eigenvalue weighted by molar-refractivity contribution is -0.130. The van der Waals surface area contributed by atoms with Gasteiger partial charge in [0.25, 0.3) is 0 Å². The van der Waals surface area contributed by atoms with Crippen molar-refractivity contribution in [3.8, 4) is 0 Å². The van der Waals surface area contributed by atoms with E-state index in [0.29, 0.717) is 21.8 Å². The molecule has 3 heterocycles. The number of fused-ring (bicyclic) bond motifs is 4. The molecule has 5 rings (SSSR count). The Morgan fingerprint density at radius 1 is 1.06 bits per heavy atom. The molecule has 1 spiro atoms. The van der Waals surface area contributed by atoms with Crippen LogP contribution in [0.15, 0.2) is 36.4 Å². The number of nitrogens with two attached hydrogens (primary N) is 2. The minimum Gasteiger partial charge on any atom is -0.370 e. The van der Waals surface area contributed by atoms with Crippen molar-refractivity contribution in [2.75, 3.05) is 10.2 Å². The van der Waals surface area contributed by atoms with Gasteiger partial charge in [-0.2, -0.15) is 0 Å². The summed E-state index contributed by atoms with van der Waals surface area (Å²) in [4.78, 5) is 65.0. The topological polar surface area (TPSA) is 165 Å². The van der Waals surface area contributed by atoms with Crippen LogP contribution in [0.4, 0.5) is 11.4 Å². The molecular weight excluding hydrogens is 462 g/mol. The van der Waals surface area contributed by atoms with Gasteiger partial charge in [0.05, 0.1) is 23.2 Å². The predicted octanol–water partition coefficient (Wildman–Crippen LogP) is 0.548. The van der Waals surface area contributed by atoms with Crippen LogP contribution >= 0.6 is 11.6 Å². The summed E-state index contributed by atoms with van der Waals surface area (Å²) >= 11 is 6.24. The highest BCUT2D eigenvalue weighted by Crippen LogP contribution is 2.55. The normalized spacial score (nSPS) is 27.2. The molecule has 0 aliphatic carbocycles. The van der Waals surface area contributed by atoms with Crippen molar-refractivity contribution >= 4 is 52.5 Å². The quantitative estimate of drug-likeness (QED) is 0.465. The summed E-state index contributed by atoms with van der Waals surface area (Å²) in [5.41, 5.74) is 11.1. The van der Waals surface area contributed by atoms with Gasteiger partial charge in [0.1, 0.15) is 5.54 Å². The van der Waals surface area contributed by atoms with E-state index in [1.807, 2.05) is 0 Å². The molecule has 5 amide bonds. The third-order valence-corrected chi connectivity index (χ3v) is 7.33. The van der Waals surface area contributed by atoms with E-state index in [9.17, 15) is 24.0 Å². The molecule has 10 nitrogen and oxygen atoms in total. The molecule has 6 N–H and O–H groups in total. The Hall–Kier alpha value is -3.76. The van der Waals surface area contributed by atoms with Gasteiger partial charge in [0.2, 0.25) is 29.5 Å². The van der Waals surface area contributed by atoms with Crippen LogP contribution in [-0.2, 0) is 24.7 Å². The van der Waals surface area contributed by atoms with E-state index in [0.717, 1.165) is 4.90 Å². The summed E-state index contributed by atoms with van der Waals surface area (Å²) in [5, 5.41) is 6.36. The van der Waals surface area contributed by atoms with E-state index >= 15 is 0 Å². The fraction of sp³-hybridized carbons (Fsp3) is 0.261. The first-order valence-corrected chi connectivity index (χ1v) is 10.9. The van der Waals surface area contributed by atoms with Gasteiger partial charge >= 0.3 is 0 Å². The maximum absolute atomic E-state index is 13.8. The van der Waals surface area contributed by atoms with Crippen molar-refractivity contribution in [3.05, 3.63) is 58.1 Å². The van der Waals surface area contributed by atoms with Gasteiger partial charge in [-0.3, -0.25) is 29.3 Å². The highest BCUT2D eigenvalue weighted by molar-refractivity contribution is 6.32. The van der Waals surface area contributed by atoms with Crippen LogP contribution in [0.3, 0.4) is 0 Å². The fourth-order valence-corrected chi connectivity index (χ4v) is 5.57. The van der Waals surface area contributed by atoms with Crippen LogP contribution < -0.4 is 27.0 Å². The number of hydrogen-bond donors (Lipinski definition) is 4. The number of carbonyl (C=O) groups is 5. The Labute approximate surface area is 198 Å². The first-order chi connectivity index (χ1) is 16.1. The second-order valence-electron chi connectivity index (χ2n) is 8.70. The molecule has 3 aliphatic heterocycles. The number of carbonyl (C=O) groups excluding carboxylic acids is 5. The Morgan fingerprint density at radius 2 is 1.74 bits per heavy atom. The van der Waals surface area contributed by atoms with E-state index in [1.54, 1.807) is 19.1 Å². The number of rotatable bonds is 4. The Kier molecular flexibility index (Phi) is 4.78. The molecule has 2 aromatic carbocycles. The molecule has 0 saturated carbocycles. The van der Waals surface area contributed by atoms with Crippen molar-refractivity contribution < 1.29 is 24.0 Å². The fourth-order valence-electron chi connectivity index (χ4n) is 5.41. The second kappa shape index (κ2) is 7.37. The molecule has 11 heteroatoms. The number of primary amides is 2. The highest BCUT2D eigenvalue weighted by atomic mass is 35.5. The summed E-state index contributed by atoms with van der Waals surface area (Å²) in [6.45, 7) is 1.74. The lowest BCUT2D eigenvalue weighted by Gasteiger charge is -2.29. The third-order valence-electron chi connectivity index (χ3n) is 6.92. The summed E-state index contributed by atoms with van der Waals surface area (Å²) in [5.74, 6) is -5.14. The van der Waals surface area contributed by atoms with Crippen LogP contribution in [0.2, 0.25) is 5.02 Å². The van der Waals surface area contributed by atoms with Gasteiger partial charge in [0, 0.05) is 28.6 Å². The first-order valence-electron chi connectivity index (χ1n) is 10.5.